The first-order valence-corrected chi connectivity index (χ1v) is 12.8. The number of amides is 1. The van der Waals surface area contributed by atoms with Crippen molar-refractivity contribution in [1.82, 2.24) is 10.2 Å². The molecule has 8 nitrogen and oxygen atoms in total. The number of aryl methyl sites for hydroxylation is 1. The molecule has 1 heterocycles. The summed E-state index contributed by atoms with van der Waals surface area (Å²) in [6, 6.07) is 13.5. The molecular formula is C22H26N4O4S2. The lowest BCUT2D eigenvalue weighted by molar-refractivity contribution is -0.117. The Hall–Kier alpha value is -2.98. The van der Waals surface area contributed by atoms with Crippen molar-refractivity contribution >= 4 is 38.1 Å². The molecule has 0 bridgehead atoms. The highest BCUT2D eigenvalue weighted by atomic mass is 32.2. The fourth-order valence-corrected chi connectivity index (χ4v) is 5.16. The van der Waals surface area contributed by atoms with Crippen LogP contribution in [0.25, 0.3) is 10.6 Å². The Bertz CT molecular complexity index is 1160. The van der Waals surface area contributed by atoms with E-state index < -0.39 is 22.0 Å². The molecule has 1 unspecified atom stereocenters. The first-order valence-electron chi connectivity index (χ1n) is 10.2. The Labute approximate surface area is 192 Å². The molecule has 10 heteroatoms. The molecule has 0 aliphatic rings. The Morgan fingerprint density at radius 1 is 1.09 bits per heavy atom. The maximum absolute atomic E-state index is 13.1. The third-order valence-corrected chi connectivity index (χ3v) is 6.75. The predicted molar refractivity (Wildman–Crippen MR) is 128 cm³/mol. The lowest BCUT2D eigenvalue weighted by Crippen LogP contribution is -2.47. The molecule has 0 aliphatic carbocycles. The Kier molecular flexibility index (Phi) is 7.47. The summed E-state index contributed by atoms with van der Waals surface area (Å²) in [6.07, 6.45) is 1.36. The molecule has 3 aromatic rings. The summed E-state index contributed by atoms with van der Waals surface area (Å²) in [5.74, 6) is 0.151. The normalized spacial score (nSPS) is 12.2. The van der Waals surface area contributed by atoms with Crippen molar-refractivity contribution in [2.45, 2.75) is 33.2 Å². The highest BCUT2D eigenvalue weighted by molar-refractivity contribution is 7.92. The Morgan fingerprint density at radius 2 is 1.75 bits per heavy atom. The second-order valence-electron chi connectivity index (χ2n) is 7.18. The molecule has 3 rings (SSSR count). The molecule has 1 atom stereocenters. The summed E-state index contributed by atoms with van der Waals surface area (Å²) in [6.45, 7) is 6.13. The zero-order valence-electron chi connectivity index (χ0n) is 18.4. The molecular weight excluding hydrogens is 448 g/mol. The minimum atomic E-state index is -3.73. The quantitative estimate of drug-likeness (QED) is 0.501. The lowest BCUT2D eigenvalue weighted by atomic mass is 10.2. The zero-order valence-corrected chi connectivity index (χ0v) is 20.0. The summed E-state index contributed by atoms with van der Waals surface area (Å²) < 4.78 is 31.8. The van der Waals surface area contributed by atoms with E-state index in [1.807, 2.05) is 38.1 Å². The van der Waals surface area contributed by atoms with Gasteiger partial charge in [-0.1, -0.05) is 48.1 Å². The first kappa shape index (κ1) is 23.7. The molecule has 0 saturated carbocycles. The van der Waals surface area contributed by atoms with Crippen molar-refractivity contribution in [3.8, 4) is 16.3 Å². The van der Waals surface area contributed by atoms with Crippen LogP contribution in [0.2, 0.25) is 0 Å². The number of carbonyl (C=O) groups excluding carboxylic acids is 1. The van der Waals surface area contributed by atoms with Crippen LogP contribution in [0.5, 0.6) is 5.75 Å². The number of sulfonamides is 1. The highest BCUT2D eigenvalue weighted by Gasteiger charge is 2.32. The molecule has 0 spiro atoms. The van der Waals surface area contributed by atoms with Gasteiger partial charge in [-0.25, -0.2) is 8.42 Å². The van der Waals surface area contributed by atoms with Crippen LogP contribution < -0.4 is 14.4 Å². The number of anilines is 2. The largest absolute Gasteiger partial charge is 0.494 e. The minimum absolute atomic E-state index is 0.274. The number of aromatic nitrogens is 2. The average Bonchev–Trinajstić information content (AvgIpc) is 3.21. The van der Waals surface area contributed by atoms with Gasteiger partial charge < -0.3 is 4.74 Å². The molecule has 2 aromatic carbocycles. The summed E-state index contributed by atoms with van der Waals surface area (Å²) in [7, 11) is -3.73. The van der Waals surface area contributed by atoms with Gasteiger partial charge >= 0.3 is 0 Å². The number of hydrogen-bond donors (Lipinski definition) is 1. The number of nitrogens with zero attached hydrogens (tertiary/aromatic N) is 3. The van der Waals surface area contributed by atoms with E-state index in [1.54, 1.807) is 31.2 Å². The molecule has 1 amide bonds. The number of ether oxygens (including phenoxy) is 1. The SMILES string of the molecule is CCOc1ccc(N(C(CC)C(=O)Nc2nnc(-c3ccc(C)cc3)s2)S(C)(=O)=O)cc1. The Morgan fingerprint density at radius 3 is 2.31 bits per heavy atom. The molecule has 0 saturated heterocycles. The zero-order chi connectivity index (χ0) is 23.3. The van der Waals surface area contributed by atoms with Crippen molar-refractivity contribution < 1.29 is 17.9 Å². The third kappa shape index (κ3) is 5.63. The van der Waals surface area contributed by atoms with Crippen molar-refractivity contribution in [1.29, 1.82) is 0 Å². The fraction of sp³-hybridized carbons (Fsp3) is 0.318. The molecule has 170 valence electrons. The Balaban J connectivity index is 1.83. The molecule has 0 radical (unpaired) electrons. The number of nitrogens with one attached hydrogen (secondary N) is 1. The van der Waals surface area contributed by atoms with Gasteiger partial charge in [0.05, 0.1) is 18.6 Å². The van der Waals surface area contributed by atoms with Gasteiger partial charge in [-0.05, 0) is 44.5 Å². The van der Waals surface area contributed by atoms with E-state index in [0.29, 0.717) is 28.2 Å². The molecule has 0 fully saturated rings. The average molecular weight is 475 g/mol. The van der Waals surface area contributed by atoms with Crippen molar-refractivity contribution in [2.75, 3.05) is 22.5 Å². The third-order valence-electron chi connectivity index (χ3n) is 4.69. The van der Waals surface area contributed by atoms with Gasteiger partial charge in [-0.2, -0.15) is 0 Å². The van der Waals surface area contributed by atoms with Crippen LogP contribution in [0.15, 0.2) is 48.5 Å². The lowest BCUT2D eigenvalue weighted by Gasteiger charge is -2.29. The van der Waals surface area contributed by atoms with Gasteiger partial charge in [0.15, 0.2) is 0 Å². The van der Waals surface area contributed by atoms with E-state index >= 15 is 0 Å². The number of rotatable bonds is 9. The van der Waals surface area contributed by atoms with Crippen LogP contribution in [0.3, 0.4) is 0 Å². The molecule has 1 N–H and O–H groups in total. The van der Waals surface area contributed by atoms with Gasteiger partial charge in [0.2, 0.25) is 21.1 Å². The minimum Gasteiger partial charge on any atom is -0.494 e. The van der Waals surface area contributed by atoms with Crippen LogP contribution in [0.4, 0.5) is 10.8 Å². The molecule has 1 aromatic heterocycles. The molecule has 0 aliphatic heterocycles. The van der Waals surface area contributed by atoms with Crippen molar-refractivity contribution in [3.63, 3.8) is 0 Å². The van der Waals surface area contributed by atoms with E-state index in [-0.39, 0.29) is 6.42 Å². The van der Waals surface area contributed by atoms with Gasteiger partial charge in [0.25, 0.3) is 0 Å². The van der Waals surface area contributed by atoms with Crippen molar-refractivity contribution in [2.24, 2.45) is 0 Å². The highest BCUT2D eigenvalue weighted by Crippen LogP contribution is 2.28. The summed E-state index contributed by atoms with van der Waals surface area (Å²) in [5.41, 5.74) is 2.41. The van der Waals surface area contributed by atoms with Crippen LogP contribution >= 0.6 is 11.3 Å². The summed E-state index contributed by atoms with van der Waals surface area (Å²) >= 11 is 1.23. The second kappa shape index (κ2) is 10.1. The van der Waals surface area contributed by atoms with E-state index in [1.165, 1.54) is 11.3 Å². The van der Waals surface area contributed by atoms with Gasteiger partial charge in [0, 0.05) is 5.56 Å². The number of hydrogen-bond acceptors (Lipinski definition) is 7. The van der Waals surface area contributed by atoms with E-state index in [0.717, 1.165) is 21.7 Å². The standard InChI is InChI=1S/C22H26N4O4S2/c1-5-19(26(32(4,28)29)17-11-13-18(14-12-17)30-6-2)20(27)23-22-25-24-21(31-22)16-9-7-15(3)8-10-16/h7-14,19H,5-6H2,1-4H3,(H,23,25,27). The van der Waals surface area contributed by atoms with E-state index in [9.17, 15) is 13.2 Å². The van der Waals surface area contributed by atoms with Crippen LogP contribution in [0.1, 0.15) is 25.8 Å². The van der Waals surface area contributed by atoms with Gasteiger partial charge in [-0.15, -0.1) is 10.2 Å². The fourth-order valence-electron chi connectivity index (χ4n) is 3.19. The number of carbonyl (C=O) groups is 1. The number of benzene rings is 2. The topological polar surface area (TPSA) is 101 Å². The van der Waals surface area contributed by atoms with E-state index in [2.05, 4.69) is 15.5 Å². The summed E-state index contributed by atoms with van der Waals surface area (Å²) in [5, 5.41) is 11.9. The summed E-state index contributed by atoms with van der Waals surface area (Å²) in [4.78, 5) is 13.1. The maximum atomic E-state index is 13.1. The second-order valence-corrected chi connectivity index (χ2v) is 10.0. The van der Waals surface area contributed by atoms with Crippen LogP contribution in [-0.2, 0) is 14.8 Å². The smallest absolute Gasteiger partial charge is 0.250 e. The van der Waals surface area contributed by atoms with E-state index in [4.69, 9.17) is 4.74 Å². The van der Waals surface area contributed by atoms with Crippen LogP contribution in [-0.4, -0.2) is 43.4 Å². The van der Waals surface area contributed by atoms with Crippen LogP contribution in [0, 0.1) is 6.92 Å². The van der Waals surface area contributed by atoms with Gasteiger partial charge in [-0.3, -0.25) is 14.4 Å². The maximum Gasteiger partial charge on any atom is 0.250 e. The van der Waals surface area contributed by atoms with Crippen molar-refractivity contribution in [3.05, 3.63) is 54.1 Å². The monoisotopic (exact) mass is 474 g/mol. The first-order chi connectivity index (χ1) is 15.2. The molecule has 32 heavy (non-hydrogen) atoms. The predicted octanol–water partition coefficient (Wildman–Crippen LogP) is 4.10. The van der Waals surface area contributed by atoms with Gasteiger partial charge in [0.1, 0.15) is 16.8 Å².